The number of nitrogens with one attached hydrogen (secondary N) is 2. The molecule has 0 aliphatic carbocycles. The van der Waals surface area contributed by atoms with Gasteiger partial charge >= 0.3 is 0 Å². The Morgan fingerprint density at radius 3 is 2.36 bits per heavy atom. The van der Waals surface area contributed by atoms with Crippen LogP contribution in [-0.4, -0.2) is 22.8 Å². The van der Waals surface area contributed by atoms with E-state index >= 15 is 0 Å². The van der Waals surface area contributed by atoms with Crippen molar-refractivity contribution in [1.82, 2.24) is 20.4 Å². The quantitative estimate of drug-likeness (QED) is 0.397. The standard InChI is InChI=1S/C19H29N5.HI/c1-14(2)12-16-6-8-17(9-7-16)15(3)23-19(20-4)21-13-18-10-11-22-24(18)5;/h6-11,14-15H,12-13H2,1-5H3,(H2,20,21,23);1H. The van der Waals surface area contributed by atoms with Crippen molar-refractivity contribution in [2.24, 2.45) is 18.0 Å². The molecule has 6 heteroatoms. The van der Waals surface area contributed by atoms with Gasteiger partial charge in [0.05, 0.1) is 18.3 Å². The number of aliphatic imine (C=N–C) groups is 1. The van der Waals surface area contributed by atoms with E-state index in [2.05, 4.69) is 65.8 Å². The van der Waals surface area contributed by atoms with Gasteiger partial charge < -0.3 is 10.6 Å². The van der Waals surface area contributed by atoms with E-state index in [4.69, 9.17) is 0 Å². The minimum absolute atomic E-state index is 0. The maximum Gasteiger partial charge on any atom is 0.191 e. The van der Waals surface area contributed by atoms with E-state index in [9.17, 15) is 0 Å². The topological polar surface area (TPSA) is 54.2 Å². The molecule has 0 aliphatic heterocycles. The molecule has 0 amide bonds. The molecule has 1 atom stereocenters. The maximum atomic E-state index is 4.30. The van der Waals surface area contributed by atoms with E-state index in [1.54, 1.807) is 13.2 Å². The van der Waals surface area contributed by atoms with Gasteiger partial charge in [-0.1, -0.05) is 38.1 Å². The average Bonchev–Trinajstić information content (AvgIpc) is 2.96. The Morgan fingerprint density at radius 1 is 1.16 bits per heavy atom. The number of hydrogen-bond donors (Lipinski definition) is 2. The van der Waals surface area contributed by atoms with Crippen molar-refractivity contribution in [3.63, 3.8) is 0 Å². The molecule has 1 aromatic carbocycles. The average molecular weight is 455 g/mol. The second kappa shape index (κ2) is 10.4. The zero-order chi connectivity index (χ0) is 17.5. The van der Waals surface area contributed by atoms with Gasteiger partial charge in [0.25, 0.3) is 0 Å². The summed E-state index contributed by atoms with van der Waals surface area (Å²) in [6, 6.07) is 11.0. The van der Waals surface area contributed by atoms with Crippen molar-refractivity contribution < 1.29 is 0 Å². The highest BCUT2D eigenvalue weighted by atomic mass is 127. The Bertz CT molecular complexity index is 661. The highest BCUT2D eigenvalue weighted by Crippen LogP contribution is 2.15. The van der Waals surface area contributed by atoms with Crippen LogP contribution in [0.15, 0.2) is 41.5 Å². The van der Waals surface area contributed by atoms with Crippen LogP contribution in [0.2, 0.25) is 0 Å². The number of benzene rings is 1. The van der Waals surface area contributed by atoms with Crippen molar-refractivity contribution in [2.45, 2.75) is 39.8 Å². The van der Waals surface area contributed by atoms with Gasteiger partial charge in [-0.05, 0) is 36.5 Å². The van der Waals surface area contributed by atoms with Crippen LogP contribution in [0.1, 0.15) is 43.6 Å². The van der Waals surface area contributed by atoms with Crippen LogP contribution in [0, 0.1) is 5.92 Å². The Morgan fingerprint density at radius 2 is 1.84 bits per heavy atom. The molecule has 0 saturated heterocycles. The third kappa shape index (κ3) is 6.68. The van der Waals surface area contributed by atoms with Crippen LogP contribution in [0.5, 0.6) is 0 Å². The Labute approximate surface area is 168 Å². The first-order chi connectivity index (χ1) is 11.5. The van der Waals surface area contributed by atoms with E-state index in [0.29, 0.717) is 12.5 Å². The molecule has 1 aromatic heterocycles. The molecule has 138 valence electrons. The molecule has 2 N–H and O–H groups in total. The molecular weight excluding hydrogens is 425 g/mol. The summed E-state index contributed by atoms with van der Waals surface area (Å²) in [5, 5.41) is 10.9. The predicted octanol–water partition coefficient (Wildman–Crippen LogP) is 3.66. The summed E-state index contributed by atoms with van der Waals surface area (Å²) in [5.74, 6) is 1.47. The van der Waals surface area contributed by atoms with Crippen LogP contribution in [0.4, 0.5) is 0 Å². The molecule has 0 saturated carbocycles. The Kier molecular flexibility index (Phi) is 8.96. The molecule has 0 aliphatic rings. The first-order valence-electron chi connectivity index (χ1n) is 8.52. The third-order valence-corrected chi connectivity index (χ3v) is 4.06. The van der Waals surface area contributed by atoms with Gasteiger partial charge in [-0.2, -0.15) is 5.10 Å². The molecule has 1 unspecified atom stereocenters. The molecule has 0 spiro atoms. The van der Waals surface area contributed by atoms with Crippen LogP contribution >= 0.6 is 24.0 Å². The van der Waals surface area contributed by atoms with Gasteiger partial charge in [0.15, 0.2) is 5.96 Å². The number of halogens is 1. The smallest absolute Gasteiger partial charge is 0.191 e. The molecule has 1 heterocycles. The molecule has 0 radical (unpaired) electrons. The number of guanidine groups is 1. The van der Waals surface area contributed by atoms with Crippen LogP contribution in [0.25, 0.3) is 0 Å². The van der Waals surface area contributed by atoms with E-state index in [1.807, 2.05) is 17.8 Å². The van der Waals surface area contributed by atoms with Crippen LogP contribution < -0.4 is 10.6 Å². The highest BCUT2D eigenvalue weighted by Gasteiger charge is 2.09. The number of rotatable bonds is 6. The molecule has 2 aromatic rings. The number of aromatic nitrogens is 2. The van der Waals surface area contributed by atoms with Crippen molar-refractivity contribution in [1.29, 1.82) is 0 Å². The van der Waals surface area contributed by atoms with E-state index in [0.717, 1.165) is 18.1 Å². The van der Waals surface area contributed by atoms with E-state index in [-0.39, 0.29) is 30.0 Å². The van der Waals surface area contributed by atoms with Gasteiger partial charge in [-0.25, -0.2) is 0 Å². The first-order valence-corrected chi connectivity index (χ1v) is 8.52. The lowest BCUT2D eigenvalue weighted by Crippen LogP contribution is -2.38. The molecule has 5 nitrogen and oxygen atoms in total. The minimum atomic E-state index is 0. The van der Waals surface area contributed by atoms with Crippen molar-refractivity contribution >= 4 is 29.9 Å². The molecule has 25 heavy (non-hydrogen) atoms. The van der Waals surface area contributed by atoms with Crippen LogP contribution in [-0.2, 0) is 20.0 Å². The zero-order valence-corrected chi connectivity index (χ0v) is 18.1. The van der Waals surface area contributed by atoms with Gasteiger partial charge in [-0.3, -0.25) is 9.67 Å². The lowest BCUT2D eigenvalue weighted by atomic mass is 10.00. The number of aryl methyl sites for hydroxylation is 1. The second-order valence-electron chi connectivity index (χ2n) is 6.58. The summed E-state index contributed by atoms with van der Waals surface area (Å²) in [7, 11) is 3.73. The normalized spacial score (nSPS) is 12.6. The first kappa shape index (κ1) is 21.5. The molecule has 0 fully saturated rings. The number of nitrogens with zero attached hydrogens (tertiary/aromatic N) is 3. The van der Waals surface area contributed by atoms with Crippen molar-refractivity contribution in [2.75, 3.05) is 7.05 Å². The summed E-state index contributed by atoms with van der Waals surface area (Å²) in [5.41, 5.74) is 3.76. The lowest BCUT2D eigenvalue weighted by Gasteiger charge is -2.19. The molecule has 0 bridgehead atoms. The molecule has 2 rings (SSSR count). The van der Waals surface area contributed by atoms with Crippen molar-refractivity contribution in [3.8, 4) is 0 Å². The van der Waals surface area contributed by atoms with Gasteiger partial charge in [0.1, 0.15) is 0 Å². The fourth-order valence-corrected chi connectivity index (χ4v) is 2.65. The second-order valence-corrected chi connectivity index (χ2v) is 6.58. The summed E-state index contributed by atoms with van der Waals surface area (Å²) in [4.78, 5) is 4.30. The minimum Gasteiger partial charge on any atom is -0.351 e. The predicted molar refractivity (Wildman–Crippen MR) is 115 cm³/mol. The maximum absolute atomic E-state index is 4.30. The van der Waals surface area contributed by atoms with Gasteiger partial charge in [-0.15, -0.1) is 24.0 Å². The fraction of sp³-hybridized carbons (Fsp3) is 0.474. The molecular formula is C19H30IN5. The summed E-state index contributed by atoms with van der Waals surface area (Å²) in [6.07, 6.45) is 2.92. The summed E-state index contributed by atoms with van der Waals surface area (Å²) < 4.78 is 1.86. The fourth-order valence-electron chi connectivity index (χ4n) is 2.65. The zero-order valence-electron chi connectivity index (χ0n) is 15.8. The number of hydrogen-bond acceptors (Lipinski definition) is 2. The highest BCUT2D eigenvalue weighted by molar-refractivity contribution is 14.0. The summed E-state index contributed by atoms with van der Waals surface area (Å²) in [6.45, 7) is 7.33. The van der Waals surface area contributed by atoms with E-state index in [1.165, 1.54) is 11.1 Å². The Hall–Kier alpha value is -1.57. The monoisotopic (exact) mass is 455 g/mol. The van der Waals surface area contributed by atoms with E-state index < -0.39 is 0 Å². The van der Waals surface area contributed by atoms with Crippen LogP contribution in [0.3, 0.4) is 0 Å². The van der Waals surface area contributed by atoms with Gasteiger partial charge in [0.2, 0.25) is 0 Å². The largest absolute Gasteiger partial charge is 0.351 e. The van der Waals surface area contributed by atoms with Gasteiger partial charge in [0, 0.05) is 20.3 Å². The van der Waals surface area contributed by atoms with Crippen molar-refractivity contribution in [3.05, 3.63) is 53.3 Å². The third-order valence-electron chi connectivity index (χ3n) is 4.06. The Balaban J connectivity index is 0.00000312. The SMILES string of the molecule is CN=C(NCc1ccnn1C)NC(C)c1ccc(CC(C)C)cc1.I. The lowest BCUT2D eigenvalue weighted by molar-refractivity contribution is 0.644. The summed E-state index contributed by atoms with van der Waals surface area (Å²) >= 11 is 0.